The van der Waals surface area contributed by atoms with Gasteiger partial charge in [0.15, 0.2) is 0 Å². The van der Waals surface area contributed by atoms with Crippen LogP contribution in [0.25, 0.3) is 0 Å². The van der Waals surface area contributed by atoms with Crippen LogP contribution >= 0.6 is 11.3 Å². The fourth-order valence-corrected chi connectivity index (χ4v) is 5.34. The number of hydrogen-bond acceptors (Lipinski definition) is 4. The van der Waals surface area contributed by atoms with Crippen molar-refractivity contribution in [2.45, 2.75) is 58.0 Å². The molecule has 1 N–H and O–H groups in total. The van der Waals surface area contributed by atoms with Crippen LogP contribution in [0.15, 0.2) is 66.0 Å². The van der Waals surface area contributed by atoms with Gasteiger partial charge in [-0.2, -0.15) is 0 Å². The first-order valence-electron chi connectivity index (χ1n) is 12.0. The Morgan fingerprint density at radius 2 is 1.79 bits per heavy atom. The lowest BCUT2D eigenvalue weighted by Crippen LogP contribution is -2.47. The monoisotopic (exact) mass is 476 g/mol. The second-order valence-electron chi connectivity index (χ2n) is 8.67. The fraction of sp³-hybridized carbons (Fsp3) is 0.357. The maximum atomic E-state index is 13.9. The summed E-state index contributed by atoms with van der Waals surface area (Å²) >= 11 is 1.55. The molecule has 2 aromatic carbocycles. The van der Waals surface area contributed by atoms with Crippen LogP contribution in [0.4, 0.5) is 5.69 Å². The van der Waals surface area contributed by atoms with E-state index in [9.17, 15) is 9.59 Å². The Labute approximate surface area is 205 Å². The molecular weight excluding hydrogens is 444 g/mol. The topological polar surface area (TPSA) is 58.6 Å². The molecule has 4 rings (SSSR count). The Hall–Kier alpha value is -3.12. The number of carbonyl (C=O) groups excluding carboxylic acids is 2. The van der Waals surface area contributed by atoms with E-state index in [0.29, 0.717) is 17.9 Å². The number of nitrogens with one attached hydrogen (secondary N) is 1. The highest BCUT2D eigenvalue weighted by Gasteiger charge is 2.36. The van der Waals surface area contributed by atoms with E-state index in [-0.39, 0.29) is 24.3 Å². The lowest BCUT2D eigenvalue weighted by molar-refractivity contribution is -0.127. The molecule has 1 aromatic heterocycles. The van der Waals surface area contributed by atoms with Crippen LogP contribution in [0, 0.1) is 6.92 Å². The van der Waals surface area contributed by atoms with Crippen molar-refractivity contribution in [3.63, 3.8) is 0 Å². The van der Waals surface area contributed by atoms with Gasteiger partial charge in [-0.05, 0) is 55.8 Å². The molecule has 2 amide bonds. The maximum absolute atomic E-state index is 13.9. The second-order valence-corrected chi connectivity index (χ2v) is 9.70. The van der Waals surface area contributed by atoms with Crippen molar-refractivity contribution >= 4 is 28.8 Å². The summed E-state index contributed by atoms with van der Waals surface area (Å²) in [4.78, 5) is 30.5. The standard InChI is InChI=1S/C28H32N2O3S/c1-3-33-25-17-9-7-15-23(25)27(28(32)29-21-12-5-6-13-21)30(24-16-8-4-11-20(24)2)26(31)19-22-14-10-18-34-22/h4,7-11,14-18,21,27H,3,5-6,12-13,19H2,1-2H3,(H,29,32). The van der Waals surface area contributed by atoms with E-state index >= 15 is 0 Å². The van der Waals surface area contributed by atoms with Gasteiger partial charge in [0.05, 0.1) is 13.0 Å². The van der Waals surface area contributed by atoms with Gasteiger partial charge < -0.3 is 10.1 Å². The average Bonchev–Trinajstić information content (AvgIpc) is 3.53. The lowest BCUT2D eigenvalue weighted by Gasteiger charge is -2.34. The molecule has 1 fully saturated rings. The van der Waals surface area contributed by atoms with Gasteiger partial charge in [0.1, 0.15) is 11.8 Å². The van der Waals surface area contributed by atoms with E-state index in [1.165, 1.54) is 0 Å². The number of rotatable bonds is 9. The molecule has 0 spiro atoms. The lowest BCUT2D eigenvalue weighted by atomic mass is 9.99. The van der Waals surface area contributed by atoms with E-state index in [0.717, 1.165) is 41.8 Å². The Bertz CT molecular complexity index is 1110. The van der Waals surface area contributed by atoms with Crippen molar-refractivity contribution in [3.8, 4) is 5.75 Å². The van der Waals surface area contributed by atoms with Crippen LogP contribution in [0.2, 0.25) is 0 Å². The zero-order valence-electron chi connectivity index (χ0n) is 19.8. The van der Waals surface area contributed by atoms with Gasteiger partial charge in [-0.3, -0.25) is 14.5 Å². The molecule has 0 saturated heterocycles. The average molecular weight is 477 g/mol. The van der Waals surface area contributed by atoms with Crippen molar-refractivity contribution in [2.75, 3.05) is 11.5 Å². The second kappa shape index (κ2) is 11.3. The summed E-state index contributed by atoms with van der Waals surface area (Å²) in [6.07, 6.45) is 4.40. The largest absolute Gasteiger partial charge is 0.493 e. The first kappa shape index (κ1) is 24.0. The Balaban J connectivity index is 1.82. The highest BCUT2D eigenvalue weighted by Crippen LogP contribution is 2.36. The molecule has 3 aromatic rings. The minimum absolute atomic E-state index is 0.116. The van der Waals surface area contributed by atoms with Crippen molar-refractivity contribution in [1.29, 1.82) is 0 Å². The number of carbonyl (C=O) groups is 2. The summed E-state index contributed by atoms with van der Waals surface area (Å²) in [5.74, 6) is 0.343. The number of hydrogen-bond donors (Lipinski definition) is 1. The maximum Gasteiger partial charge on any atom is 0.248 e. The van der Waals surface area contributed by atoms with Gasteiger partial charge in [0.25, 0.3) is 0 Å². The predicted molar refractivity (Wildman–Crippen MR) is 137 cm³/mol. The molecule has 1 saturated carbocycles. The van der Waals surface area contributed by atoms with Crippen LogP contribution in [0.5, 0.6) is 5.75 Å². The summed E-state index contributed by atoms with van der Waals surface area (Å²) in [5.41, 5.74) is 2.37. The quantitative estimate of drug-likeness (QED) is 0.423. The normalized spacial score (nSPS) is 14.5. The van der Waals surface area contributed by atoms with E-state index in [1.807, 2.05) is 79.9 Å². The van der Waals surface area contributed by atoms with Crippen molar-refractivity contribution in [2.24, 2.45) is 0 Å². The van der Waals surface area contributed by atoms with E-state index in [1.54, 1.807) is 16.2 Å². The third-order valence-electron chi connectivity index (χ3n) is 6.27. The van der Waals surface area contributed by atoms with Gasteiger partial charge in [0.2, 0.25) is 11.8 Å². The molecule has 0 radical (unpaired) electrons. The van der Waals surface area contributed by atoms with Crippen LogP contribution in [0.3, 0.4) is 0 Å². The third kappa shape index (κ3) is 5.50. The molecule has 0 aliphatic heterocycles. The van der Waals surface area contributed by atoms with Crippen LogP contribution in [-0.2, 0) is 16.0 Å². The van der Waals surface area contributed by atoms with Gasteiger partial charge in [0, 0.05) is 22.2 Å². The van der Waals surface area contributed by atoms with Crippen LogP contribution in [0.1, 0.15) is 54.7 Å². The highest BCUT2D eigenvalue weighted by atomic mass is 32.1. The minimum atomic E-state index is -0.836. The molecular formula is C28H32N2O3S. The van der Waals surface area contributed by atoms with E-state index in [2.05, 4.69) is 5.32 Å². The molecule has 1 unspecified atom stereocenters. The molecule has 5 nitrogen and oxygen atoms in total. The zero-order chi connectivity index (χ0) is 23.9. The number of para-hydroxylation sites is 2. The number of nitrogens with zero attached hydrogens (tertiary/aromatic N) is 1. The number of benzene rings is 2. The molecule has 6 heteroatoms. The Morgan fingerprint density at radius 1 is 1.06 bits per heavy atom. The SMILES string of the molecule is CCOc1ccccc1C(C(=O)NC1CCCC1)N(C(=O)Cc1cccs1)c1ccccc1C. The summed E-state index contributed by atoms with van der Waals surface area (Å²) in [6, 6.07) is 18.5. The Morgan fingerprint density at radius 3 is 2.50 bits per heavy atom. The van der Waals surface area contributed by atoms with Gasteiger partial charge in [-0.25, -0.2) is 0 Å². The Kier molecular flexibility index (Phi) is 8.01. The first-order valence-corrected chi connectivity index (χ1v) is 12.9. The predicted octanol–water partition coefficient (Wildman–Crippen LogP) is 5.83. The van der Waals surface area contributed by atoms with E-state index in [4.69, 9.17) is 4.74 Å². The van der Waals surface area contributed by atoms with Crippen molar-refractivity contribution in [3.05, 3.63) is 82.0 Å². The minimum Gasteiger partial charge on any atom is -0.493 e. The van der Waals surface area contributed by atoms with Crippen molar-refractivity contribution in [1.82, 2.24) is 5.32 Å². The molecule has 0 bridgehead atoms. The number of ether oxygens (including phenoxy) is 1. The summed E-state index contributed by atoms with van der Waals surface area (Å²) in [7, 11) is 0. The summed E-state index contributed by atoms with van der Waals surface area (Å²) in [6.45, 7) is 4.37. The summed E-state index contributed by atoms with van der Waals surface area (Å²) in [5, 5.41) is 5.21. The number of anilines is 1. The number of aryl methyl sites for hydroxylation is 1. The van der Waals surface area contributed by atoms with Crippen LogP contribution < -0.4 is 15.0 Å². The van der Waals surface area contributed by atoms with Gasteiger partial charge >= 0.3 is 0 Å². The first-order chi connectivity index (χ1) is 16.6. The smallest absolute Gasteiger partial charge is 0.248 e. The zero-order valence-corrected chi connectivity index (χ0v) is 20.6. The molecule has 1 aliphatic carbocycles. The highest BCUT2D eigenvalue weighted by molar-refractivity contribution is 7.10. The summed E-state index contributed by atoms with van der Waals surface area (Å²) < 4.78 is 5.92. The molecule has 1 aliphatic rings. The number of amides is 2. The molecule has 178 valence electrons. The van der Waals surface area contributed by atoms with Gasteiger partial charge in [-0.15, -0.1) is 11.3 Å². The fourth-order valence-electron chi connectivity index (χ4n) is 4.64. The van der Waals surface area contributed by atoms with Crippen LogP contribution in [-0.4, -0.2) is 24.5 Å². The molecule has 34 heavy (non-hydrogen) atoms. The third-order valence-corrected chi connectivity index (χ3v) is 7.15. The van der Waals surface area contributed by atoms with E-state index < -0.39 is 6.04 Å². The molecule has 1 heterocycles. The van der Waals surface area contributed by atoms with Gasteiger partial charge in [-0.1, -0.05) is 55.3 Å². The number of thiophene rings is 1. The van der Waals surface area contributed by atoms with Crippen molar-refractivity contribution < 1.29 is 14.3 Å². The molecule has 1 atom stereocenters.